The first-order chi connectivity index (χ1) is 17.8. The number of ether oxygens (including phenoxy) is 2. The van der Waals surface area contributed by atoms with Crippen LogP contribution in [0.15, 0.2) is 53.5 Å². The average Bonchev–Trinajstić information content (AvgIpc) is 3.72. The third kappa shape index (κ3) is 4.75. The molecular weight excluding hydrogens is 468 g/mol. The number of pyridine rings is 1. The summed E-state index contributed by atoms with van der Waals surface area (Å²) in [6.45, 7) is 7.18. The van der Waals surface area contributed by atoms with Crippen molar-refractivity contribution in [2.24, 2.45) is 11.3 Å². The molecule has 2 aliphatic rings. The fourth-order valence-electron chi connectivity index (χ4n) is 5.74. The molecule has 1 saturated heterocycles. The summed E-state index contributed by atoms with van der Waals surface area (Å²) < 4.78 is 11.4. The van der Waals surface area contributed by atoms with Crippen molar-refractivity contribution in [3.63, 3.8) is 0 Å². The first-order valence-corrected chi connectivity index (χ1v) is 13.2. The van der Waals surface area contributed by atoms with Gasteiger partial charge < -0.3 is 19.4 Å². The maximum absolute atomic E-state index is 13.3. The van der Waals surface area contributed by atoms with Gasteiger partial charge in [-0.2, -0.15) is 0 Å². The number of piperidine rings is 1. The number of likely N-dealkylation sites (tertiary alicyclic amines) is 1. The van der Waals surface area contributed by atoms with E-state index in [9.17, 15) is 14.4 Å². The predicted octanol–water partition coefficient (Wildman–Crippen LogP) is 4.85. The Kier molecular flexibility index (Phi) is 6.80. The van der Waals surface area contributed by atoms with E-state index in [4.69, 9.17) is 9.47 Å². The lowest BCUT2D eigenvalue weighted by Crippen LogP contribution is -2.48. The Hall–Kier alpha value is -3.61. The van der Waals surface area contributed by atoms with Crippen molar-refractivity contribution in [2.45, 2.75) is 52.6 Å². The van der Waals surface area contributed by atoms with Crippen molar-refractivity contribution in [3.8, 4) is 16.9 Å². The molecule has 0 spiro atoms. The number of fused-ring (bicyclic) bond motifs is 1. The van der Waals surface area contributed by atoms with Crippen LogP contribution in [0.3, 0.4) is 0 Å². The largest absolute Gasteiger partial charge is 0.481 e. The minimum absolute atomic E-state index is 0.105. The first kappa shape index (κ1) is 25.1. The third-order valence-corrected chi connectivity index (χ3v) is 7.95. The fourth-order valence-corrected chi connectivity index (χ4v) is 5.74. The van der Waals surface area contributed by atoms with Crippen LogP contribution in [0.2, 0.25) is 0 Å². The van der Waals surface area contributed by atoms with Crippen molar-refractivity contribution in [2.75, 3.05) is 19.7 Å². The zero-order chi connectivity index (χ0) is 26.2. The smallest absolute Gasteiger partial charge is 0.312 e. The Labute approximate surface area is 216 Å². The molecule has 2 aromatic carbocycles. The van der Waals surface area contributed by atoms with Crippen LogP contribution in [0.4, 0.5) is 0 Å². The minimum atomic E-state index is -0.715. The van der Waals surface area contributed by atoms with Gasteiger partial charge in [0.05, 0.1) is 17.4 Å². The number of nitrogens with one attached hydrogen (secondary N) is 1. The van der Waals surface area contributed by atoms with Crippen molar-refractivity contribution < 1.29 is 19.1 Å². The lowest BCUT2D eigenvalue weighted by Gasteiger charge is -2.37. The molecular formula is C30H34N2O5. The number of carbonyl (C=O) groups excluding carboxylic acids is 2. The van der Waals surface area contributed by atoms with Crippen LogP contribution in [0, 0.1) is 18.3 Å². The Morgan fingerprint density at radius 3 is 2.65 bits per heavy atom. The highest BCUT2D eigenvalue weighted by atomic mass is 16.5. The van der Waals surface area contributed by atoms with Crippen molar-refractivity contribution >= 4 is 22.6 Å². The maximum Gasteiger partial charge on any atom is 0.312 e. The number of H-pyrrole nitrogens is 1. The van der Waals surface area contributed by atoms with Gasteiger partial charge in [-0.15, -0.1) is 0 Å². The van der Waals surface area contributed by atoms with Crippen LogP contribution in [0.1, 0.15) is 45.1 Å². The molecule has 0 radical (unpaired) electrons. The number of aromatic nitrogens is 1. The number of nitrogens with zero attached hydrogens (tertiary/aromatic N) is 1. The van der Waals surface area contributed by atoms with E-state index >= 15 is 0 Å². The minimum Gasteiger partial charge on any atom is -0.481 e. The zero-order valence-electron chi connectivity index (χ0n) is 21.7. The molecule has 194 valence electrons. The van der Waals surface area contributed by atoms with E-state index in [2.05, 4.69) is 4.98 Å². The van der Waals surface area contributed by atoms with E-state index in [0.29, 0.717) is 30.8 Å². The summed E-state index contributed by atoms with van der Waals surface area (Å²) in [5.74, 6) is 0.368. The van der Waals surface area contributed by atoms with Crippen LogP contribution in [-0.4, -0.2) is 47.6 Å². The van der Waals surface area contributed by atoms with Crippen molar-refractivity contribution in [3.05, 3.63) is 64.6 Å². The number of carbonyl (C=O) groups is 2. The Morgan fingerprint density at radius 2 is 1.92 bits per heavy atom. The van der Waals surface area contributed by atoms with Crippen LogP contribution < -0.4 is 10.3 Å². The number of benzene rings is 2. The number of aryl methyl sites for hydroxylation is 1. The molecule has 1 N–H and O–H groups in total. The standard InChI is InChI=1S/C30H34N2O5/c1-4-36-29(35)30(13-14-30)21-9-7-15-32(18-21)28(34)20(3)37-22-11-12-24-25(16-22)27(33)31-17-26(24)23-10-6-5-8-19(23)2/h5-6,8,10-12,16-17,20-21H,4,7,9,13-15,18H2,1-3H3,(H,31,33)/t20-,21+/m1/s1. The second-order valence-corrected chi connectivity index (χ2v) is 10.3. The van der Waals surface area contributed by atoms with Gasteiger partial charge in [-0.1, -0.05) is 24.3 Å². The van der Waals surface area contributed by atoms with E-state index in [0.717, 1.165) is 47.8 Å². The molecule has 2 fully saturated rings. The summed E-state index contributed by atoms with van der Waals surface area (Å²) in [4.78, 5) is 43.2. The monoisotopic (exact) mass is 502 g/mol. The quantitative estimate of drug-likeness (QED) is 0.467. The van der Waals surface area contributed by atoms with Gasteiger partial charge in [-0.05, 0) is 87.1 Å². The highest BCUT2D eigenvalue weighted by Gasteiger charge is 2.57. The molecule has 2 atom stereocenters. The van der Waals surface area contributed by atoms with Crippen LogP contribution in [-0.2, 0) is 14.3 Å². The molecule has 7 heteroatoms. The van der Waals surface area contributed by atoms with Crippen LogP contribution in [0.25, 0.3) is 21.9 Å². The van der Waals surface area contributed by atoms with E-state index in [1.54, 1.807) is 19.2 Å². The number of amides is 1. The Bertz CT molecular complexity index is 1390. The van der Waals surface area contributed by atoms with Crippen LogP contribution in [0.5, 0.6) is 5.75 Å². The van der Waals surface area contributed by atoms with E-state index in [-0.39, 0.29) is 23.4 Å². The lowest BCUT2D eigenvalue weighted by atomic mass is 9.82. The molecule has 5 rings (SSSR count). The number of rotatable bonds is 7. The highest BCUT2D eigenvalue weighted by molar-refractivity contribution is 5.97. The Morgan fingerprint density at radius 1 is 1.14 bits per heavy atom. The summed E-state index contributed by atoms with van der Waals surface area (Å²) in [5.41, 5.74) is 2.48. The molecule has 37 heavy (non-hydrogen) atoms. The summed E-state index contributed by atoms with van der Waals surface area (Å²) in [5, 5.41) is 1.35. The van der Waals surface area contributed by atoms with Gasteiger partial charge in [0.2, 0.25) is 0 Å². The predicted molar refractivity (Wildman–Crippen MR) is 142 cm³/mol. The maximum atomic E-state index is 13.3. The first-order valence-electron chi connectivity index (χ1n) is 13.2. The summed E-state index contributed by atoms with van der Waals surface area (Å²) >= 11 is 0. The molecule has 7 nitrogen and oxygen atoms in total. The highest BCUT2D eigenvalue weighted by Crippen LogP contribution is 2.55. The topological polar surface area (TPSA) is 88.7 Å². The van der Waals surface area contributed by atoms with Gasteiger partial charge in [-0.25, -0.2) is 0 Å². The second-order valence-electron chi connectivity index (χ2n) is 10.3. The number of hydrogen-bond acceptors (Lipinski definition) is 5. The summed E-state index contributed by atoms with van der Waals surface area (Å²) in [6, 6.07) is 13.4. The third-order valence-electron chi connectivity index (χ3n) is 7.95. The molecule has 2 heterocycles. The molecule has 1 saturated carbocycles. The number of hydrogen-bond donors (Lipinski definition) is 1. The normalized spacial score (nSPS) is 19.3. The summed E-state index contributed by atoms with van der Waals surface area (Å²) in [7, 11) is 0. The average molecular weight is 503 g/mol. The van der Waals surface area contributed by atoms with Gasteiger partial charge in [0, 0.05) is 24.8 Å². The molecule has 0 unspecified atom stereocenters. The van der Waals surface area contributed by atoms with E-state index in [1.807, 2.05) is 55.1 Å². The van der Waals surface area contributed by atoms with Gasteiger partial charge in [0.25, 0.3) is 11.5 Å². The van der Waals surface area contributed by atoms with E-state index in [1.165, 1.54) is 0 Å². The van der Waals surface area contributed by atoms with Gasteiger partial charge >= 0.3 is 5.97 Å². The number of aromatic amines is 1. The molecule has 1 amide bonds. The molecule has 1 aliphatic carbocycles. The van der Waals surface area contributed by atoms with Gasteiger partial charge in [0.15, 0.2) is 6.10 Å². The van der Waals surface area contributed by atoms with E-state index < -0.39 is 11.5 Å². The zero-order valence-corrected chi connectivity index (χ0v) is 21.7. The molecule has 3 aromatic rings. The molecule has 1 aromatic heterocycles. The van der Waals surface area contributed by atoms with Crippen molar-refractivity contribution in [1.29, 1.82) is 0 Å². The van der Waals surface area contributed by atoms with Gasteiger partial charge in [-0.3, -0.25) is 14.4 Å². The molecule has 0 bridgehead atoms. The fraction of sp³-hybridized carbons (Fsp3) is 0.433. The van der Waals surface area contributed by atoms with Gasteiger partial charge in [0.1, 0.15) is 5.75 Å². The number of esters is 1. The van der Waals surface area contributed by atoms with Crippen molar-refractivity contribution in [1.82, 2.24) is 9.88 Å². The van der Waals surface area contributed by atoms with Crippen LogP contribution >= 0.6 is 0 Å². The SMILES string of the molecule is CCOC(=O)C1([C@H]2CCCN(C(=O)[C@@H](C)Oc3ccc4c(-c5ccccc5C)c[nH]c(=O)c4c3)C2)CC1. The lowest BCUT2D eigenvalue weighted by molar-refractivity contribution is -0.155. The molecule has 1 aliphatic heterocycles. The Balaban J connectivity index is 1.32. The second kappa shape index (κ2) is 10.0. The summed E-state index contributed by atoms with van der Waals surface area (Å²) in [6.07, 6.45) is 4.48.